The Labute approximate surface area is 493 Å². The van der Waals surface area contributed by atoms with Crippen molar-refractivity contribution in [2.45, 2.75) is 111 Å². The quantitative estimate of drug-likeness (QED) is 0.0383. The number of hydrogen-bond acceptors (Lipinski definition) is 24. The van der Waals surface area contributed by atoms with Gasteiger partial charge in [0.25, 0.3) is 0 Å². The number of carbonyl (C=O) groups excluding carboxylic acids is 6. The summed E-state index contributed by atoms with van der Waals surface area (Å²) >= 11 is 0. The van der Waals surface area contributed by atoms with Crippen molar-refractivity contribution in [3.63, 3.8) is 0 Å². The summed E-state index contributed by atoms with van der Waals surface area (Å²) in [6, 6.07) is 9.34. The minimum absolute atomic E-state index is 0.238. The van der Waals surface area contributed by atoms with Gasteiger partial charge in [0.1, 0.15) is 73.2 Å². The first kappa shape index (κ1) is 63.9. The van der Waals surface area contributed by atoms with E-state index in [-0.39, 0.29) is 39.3 Å². The molecular weight excluding hydrogens is 1130 g/mol. The molecule has 6 heterocycles. The molecule has 6 aliphatic heterocycles. The van der Waals surface area contributed by atoms with Crippen LogP contribution < -0.4 is 0 Å². The zero-order valence-corrected chi connectivity index (χ0v) is 46.8. The molecule has 3 saturated carbocycles. The maximum absolute atomic E-state index is 14.7. The average molecular weight is 1210 g/mol. The van der Waals surface area contributed by atoms with Gasteiger partial charge in [-0.3, -0.25) is 43.5 Å². The molecule has 1 aromatic rings. The van der Waals surface area contributed by atoms with E-state index < -0.39 is 225 Å². The minimum atomic E-state index is -1.75. The van der Waals surface area contributed by atoms with E-state index in [0.29, 0.717) is 12.8 Å². The van der Waals surface area contributed by atoms with E-state index in [1.165, 1.54) is 0 Å². The third-order valence-corrected chi connectivity index (χ3v) is 19.1. The van der Waals surface area contributed by atoms with Crippen LogP contribution in [0, 0.1) is 71.0 Å². The van der Waals surface area contributed by atoms with E-state index >= 15 is 0 Å². The van der Waals surface area contributed by atoms with Crippen molar-refractivity contribution in [1.29, 1.82) is 0 Å². The molecule has 12 unspecified atom stereocenters. The predicted octanol–water partition coefficient (Wildman–Crippen LogP) is -4.84. The standard InChI is InChI=1S/C59H77N3O24/c1-2-27-20-29(37-36(27)51(75)60(52(37)76)14-17-81-57-48(72)45(69)42(66)33(23-63)84-57)10-11-31-22-32(41-40(31)55(79)62(56(41)80)16-19-83-59-50(74)47(71)44(68)35(25-65)86-59)13-12-30-21-28(9-8-26-6-4-3-5-7-26)38-39(30)54(78)61(53(38)77)15-18-82-58-49(73)46(70)43(67)34(24-64)85-58/h2-13,27-50,57-59,63-74H,1,14-25H2/b9-8+,11-10+,13-12+/t27?,28?,29?,30?,31?,32?,33-,34-,35-,36?,37?,38?,39?,40?,41?,42-,43-,44-,45+,46+,47+,48+,49+,50+,57+,58+,59+/m1/s1. The molecule has 27 atom stereocenters. The number of hydrogen-bond donors (Lipinski definition) is 12. The molecule has 27 heteroatoms. The van der Waals surface area contributed by atoms with E-state index in [9.17, 15) is 90.0 Å². The van der Waals surface area contributed by atoms with Gasteiger partial charge in [-0.2, -0.15) is 0 Å². The maximum atomic E-state index is 14.7. The summed E-state index contributed by atoms with van der Waals surface area (Å²) in [4.78, 5) is 89.7. The lowest BCUT2D eigenvalue weighted by Gasteiger charge is -2.39. The molecule has 6 amide bonds. The molecular formula is C59H77N3O24. The van der Waals surface area contributed by atoms with Crippen LogP contribution in [0.1, 0.15) is 24.8 Å². The molecule has 6 saturated heterocycles. The van der Waals surface area contributed by atoms with Gasteiger partial charge in [-0.25, -0.2) is 0 Å². The zero-order chi connectivity index (χ0) is 61.6. The number of carbonyl (C=O) groups is 6. The van der Waals surface area contributed by atoms with Gasteiger partial charge in [0, 0.05) is 0 Å². The van der Waals surface area contributed by atoms with Crippen molar-refractivity contribution in [1.82, 2.24) is 14.7 Å². The molecule has 12 N–H and O–H groups in total. The molecule has 0 spiro atoms. The summed E-state index contributed by atoms with van der Waals surface area (Å²) in [5.74, 6) is -11.6. The van der Waals surface area contributed by atoms with Gasteiger partial charge in [-0.05, 0) is 60.3 Å². The number of aliphatic hydroxyl groups is 12. The fourth-order valence-corrected chi connectivity index (χ4v) is 14.5. The molecule has 10 rings (SSSR count). The Morgan fingerprint density at radius 1 is 0.407 bits per heavy atom. The number of likely N-dealkylation sites (tertiary alicyclic amines) is 3. The van der Waals surface area contributed by atoms with Crippen molar-refractivity contribution in [3.8, 4) is 0 Å². The molecule has 0 bridgehead atoms. The molecule has 0 aromatic heterocycles. The molecule has 86 heavy (non-hydrogen) atoms. The van der Waals surface area contributed by atoms with Crippen molar-refractivity contribution < 1.29 is 118 Å². The SMILES string of the molecule is C=CC1CC(/C=C/C2CC(/C=C/C3CC(/C=C/c4ccccc4)C4C(=O)N(CCO[C@H]5O[C@H](CO)[C@@H](O)[C@H](O)[C@@H]5O)C(=O)C34)C3C(=O)N(CCO[C@H]4O[C@H](CO)[C@@H](O)[C@H](O)[C@@H]4O)C(=O)C23)C2C(=O)N(CCO[C@H]3O[C@H](CO)[C@@H](O)[C@H](O)[C@@H]3O)C(=O)C12. The van der Waals surface area contributed by atoms with Crippen LogP contribution in [0.25, 0.3) is 6.08 Å². The third kappa shape index (κ3) is 12.0. The first-order valence-corrected chi connectivity index (χ1v) is 29.3. The number of fused-ring (bicyclic) bond motifs is 3. The van der Waals surface area contributed by atoms with Crippen molar-refractivity contribution in [3.05, 3.63) is 78.9 Å². The second-order valence-corrected chi connectivity index (χ2v) is 23.8. The molecule has 472 valence electrons. The minimum Gasteiger partial charge on any atom is -0.394 e. The van der Waals surface area contributed by atoms with E-state index in [4.69, 9.17) is 28.4 Å². The number of amides is 6. The van der Waals surface area contributed by atoms with Gasteiger partial charge < -0.3 is 89.7 Å². The van der Waals surface area contributed by atoms with Crippen LogP contribution in [0.15, 0.2) is 73.4 Å². The van der Waals surface area contributed by atoms with E-state index in [0.717, 1.165) is 20.3 Å². The van der Waals surface area contributed by atoms with Crippen LogP contribution in [-0.2, 0) is 57.2 Å². The summed E-state index contributed by atoms with van der Waals surface area (Å²) < 4.78 is 33.3. The van der Waals surface area contributed by atoms with Gasteiger partial charge >= 0.3 is 0 Å². The van der Waals surface area contributed by atoms with Crippen LogP contribution in [0.4, 0.5) is 0 Å². The van der Waals surface area contributed by atoms with Crippen LogP contribution in [0.2, 0.25) is 0 Å². The molecule has 1 aromatic carbocycles. The normalized spacial score (nSPS) is 43.5. The molecule has 9 aliphatic rings. The van der Waals surface area contributed by atoms with Crippen LogP contribution in [0.3, 0.4) is 0 Å². The number of nitrogens with zero attached hydrogens (tertiary/aromatic N) is 3. The monoisotopic (exact) mass is 1210 g/mol. The second kappa shape index (κ2) is 26.9. The first-order valence-electron chi connectivity index (χ1n) is 29.3. The predicted molar refractivity (Wildman–Crippen MR) is 289 cm³/mol. The Morgan fingerprint density at radius 2 is 0.686 bits per heavy atom. The number of benzene rings is 1. The number of allylic oxidation sites excluding steroid dienone is 6. The second-order valence-electron chi connectivity index (χ2n) is 23.8. The van der Waals surface area contributed by atoms with Crippen molar-refractivity contribution >= 4 is 41.5 Å². The van der Waals surface area contributed by atoms with E-state index in [1.807, 2.05) is 48.6 Å². The fourth-order valence-electron chi connectivity index (χ4n) is 14.5. The highest BCUT2D eigenvalue weighted by atomic mass is 16.7. The molecule has 27 nitrogen and oxygen atoms in total. The Kier molecular flexibility index (Phi) is 20.0. The van der Waals surface area contributed by atoms with Gasteiger partial charge in [-0.15, -0.1) is 6.58 Å². The number of rotatable bonds is 22. The van der Waals surface area contributed by atoms with Crippen LogP contribution in [0.5, 0.6) is 0 Å². The molecule has 3 aliphatic carbocycles. The highest BCUT2D eigenvalue weighted by molar-refractivity contribution is 6.07. The fraction of sp³-hybridized carbons (Fsp3) is 0.661. The highest BCUT2D eigenvalue weighted by Gasteiger charge is 2.61. The molecule has 0 radical (unpaired) electrons. The number of aliphatic hydroxyl groups excluding tert-OH is 12. The van der Waals surface area contributed by atoms with Crippen molar-refractivity contribution in [2.24, 2.45) is 71.0 Å². The molecule has 9 fully saturated rings. The number of imide groups is 3. The van der Waals surface area contributed by atoms with Gasteiger partial charge in [0.05, 0.1) is 94.8 Å². The third-order valence-electron chi connectivity index (χ3n) is 19.1. The first-order chi connectivity index (χ1) is 41.2. The van der Waals surface area contributed by atoms with E-state index in [2.05, 4.69) is 6.58 Å². The smallest absolute Gasteiger partial charge is 0.233 e. The lowest BCUT2D eigenvalue weighted by Crippen LogP contribution is -2.59. The van der Waals surface area contributed by atoms with E-state index in [1.54, 1.807) is 24.3 Å². The number of ether oxygens (including phenoxy) is 6. The lowest BCUT2D eigenvalue weighted by molar-refractivity contribution is -0.301. The largest absolute Gasteiger partial charge is 0.394 e. The Hall–Kier alpha value is -5.12. The van der Waals surface area contributed by atoms with Crippen LogP contribution in [-0.4, -0.2) is 263 Å². The topological polar surface area (TPSA) is 410 Å². The van der Waals surface area contributed by atoms with Gasteiger partial charge in [-0.1, -0.05) is 72.9 Å². The Balaban J connectivity index is 0.881. The van der Waals surface area contributed by atoms with Crippen LogP contribution >= 0.6 is 0 Å². The summed E-state index contributed by atoms with van der Waals surface area (Å²) in [6.45, 7) is -0.0987. The summed E-state index contributed by atoms with van der Waals surface area (Å²) in [6.07, 6.45) is -10.1. The average Bonchev–Trinajstić information content (AvgIpc) is 1.71. The summed E-state index contributed by atoms with van der Waals surface area (Å²) in [5.41, 5.74) is 0.849. The summed E-state index contributed by atoms with van der Waals surface area (Å²) in [7, 11) is 0. The zero-order valence-electron chi connectivity index (χ0n) is 46.8. The summed E-state index contributed by atoms with van der Waals surface area (Å²) in [5, 5.41) is 122. The Morgan fingerprint density at radius 3 is 0.977 bits per heavy atom. The highest BCUT2D eigenvalue weighted by Crippen LogP contribution is 2.54. The maximum Gasteiger partial charge on any atom is 0.233 e. The lowest BCUT2D eigenvalue weighted by atomic mass is 9.86. The van der Waals surface area contributed by atoms with Gasteiger partial charge in [0.15, 0.2) is 18.9 Å². The Bertz CT molecular complexity index is 2730. The van der Waals surface area contributed by atoms with Crippen molar-refractivity contribution in [2.75, 3.05) is 59.3 Å². The van der Waals surface area contributed by atoms with Gasteiger partial charge in [0.2, 0.25) is 35.4 Å².